The van der Waals surface area contributed by atoms with Gasteiger partial charge in [-0.2, -0.15) is 23.5 Å². The van der Waals surface area contributed by atoms with Crippen LogP contribution in [0.3, 0.4) is 0 Å². The van der Waals surface area contributed by atoms with Crippen LogP contribution in [0.2, 0.25) is 0 Å². The van der Waals surface area contributed by atoms with E-state index in [9.17, 15) is 0 Å². The van der Waals surface area contributed by atoms with E-state index < -0.39 is 0 Å². The number of aliphatic imine (C=N–C) groups is 1. The van der Waals surface area contributed by atoms with E-state index in [-0.39, 0.29) is 24.0 Å². The molecule has 0 aromatic carbocycles. The van der Waals surface area contributed by atoms with Gasteiger partial charge in [0.15, 0.2) is 5.96 Å². The topological polar surface area (TPSA) is 36.4 Å². The highest BCUT2D eigenvalue weighted by molar-refractivity contribution is 14.0. The van der Waals surface area contributed by atoms with E-state index in [1.165, 1.54) is 18.6 Å². The highest BCUT2D eigenvalue weighted by Gasteiger charge is 2.15. The first kappa shape index (κ1) is 18.4. The molecule has 0 amide bonds. The Morgan fingerprint density at radius 2 is 2.39 bits per heavy atom. The largest absolute Gasteiger partial charge is 0.356 e. The molecule has 0 radical (unpaired) electrons. The molecule has 0 bridgehead atoms. The minimum atomic E-state index is 0. The molecule has 1 aliphatic rings. The van der Waals surface area contributed by atoms with Crippen molar-refractivity contribution < 1.29 is 0 Å². The Hall–Kier alpha value is 0.440. The van der Waals surface area contributed by atoms with Gasteiger partial charge >= 0.3 is 0 Å². The number of nitrogens with one attached hydrogen (secondary N) is 2. The molecular weight excluding hydrogens is 377 g/mol. The first-order chi connectivity index (χ1) is 8.36. The summed E-state index contributed by atoms with van der Waals surface area (Å²) in [6.45, 7) is 5.69. The Balaban J connectivity index is 0.00000289. The van der Waals surface area contributed by atoms with Crippen LogP contribution < -0.4 is 10.6 Å². The zero-order chi connectivity index (χ0) is 12.3. The lowest BCUT2D eigenvalue weighted by atomic mass is 10.2. The van der Waals surface area contributed by atoms with Gasteiger partial charge in [0.1, 0.15) is 0 Å². The maximum atomic E-state index is 4.22. The van der Waals surface area contributed by atoms with Crippen LogP contribution in [0.1, 0.15) is 12.8 Å². The van der Waals surface area contributed by atoms with Crippen LogP contribution in [0, 0.1) is 0 Å². The number of hydrogen-bond acceptors (Lipinski definition) is 3. The van der Waals surface area contributed by atoms with Crippen molar-refractivity contribution >= 4 is 53.5 Å². The van der Waals surface area contributed by atoms with Gasteiger partial charge in [-0.15, -0.1) is 30.6 Å². The predicted octanol–water partition coefficient (Wildman–Crippen LogP) is 2.58. The maximum Gasteiger partial charge on any atom is 0.191 e. The minimum absolute atomic E-state index is 0. The summed E-state index contributed by atoms with van der Waals surface area (Å²) in [4.78, 5) is 4.22. The van der Waals surface area contributed by atoms with Crippen LogP contribution in [0.15, 0.2) is 17.6 Å². The molecule has 18 heavy (non-hydrogen) atoms. The molecule has 1 heterocycles. The predicted molar refractivity (Wildman–Crippen MR) is 97.8 cm³/mol. The lowest BCUT2D eigenvalue weighted by Crippen LogP contribution is -2.41. The number of rotatable bonds is 7. The van der Waals surface area contributed by atoms with Gasteiger partial charge in [-0.25, -0.2) is 0 Å². The van der Waals surface area contributed by atoms with Crippen LogP contribution in [0.5, 0.6) is 0 Å². The van der Waals surface area contributed by atoms with Crippen molar-refractivity contribution in [3.05, 3.63) is 12.7 Å². The van der Waals surface area contributed by atoms with E-state index in [2.05, 4.69) is 34.0 Å². The number of guanidine groups is 1. The van der Waals surface area contributed by atoms with E-state index in [1.54, 1.807) is 0 Å². The van der Waals surface area contributed by atoms with Crippen LogP contribution in [0.25, 0.3) is 0 Å². The first-order valence-electron chi connectivity index (χ1n) is 6.11. The summed E-state index contributed by atoms with van der Waals surface area (Å²) in [5.74, 6) is 4.35. The van der Waals surface area contributed by atoms with E-state index in [0.717, 1.165) is 35.8 Å². The Kier molecular flexibility index (Phi) is 12.8. The Morgan fingerprint density at radius 1 is 1.56 bits per heavy atom. The van der Waals surface area contributed by atoms with Crippen molar-refractivity contribution in [1.29, 1.82) is 0 Å². The molecule has 0 aromatic heterocycles. The average Bonchev–Trinajstić information content (AvgIpc) is 2.86. The van der Waals surface area contributed by atoms with Gasteiger partial charge in [-0.05, 0) is 18.6 Å². The quantitative estimate of drug-likeness (QED) is 0.226. The normalized spacial score (nSPS) is 19.2. The summed E-state index contributed by atoms with van der Waals surface area (Å²) in [5.41, 5.74) is 0. The van der Waals surface area contributed by atoms with E-state index >= 15 is 0 Å². The fraction of sp³-hybridized carbons (Fsp3) is 0.750. The molecule has 6 heteroatoms. The summed E-state index contributed by atoms with van der Waals surface area (Å²) in [5, 5.41) is 7.48. The molecular formula is C12H24IN3S2. The maximum absolute atomic E-state index is 4.22. The van der Waals surface area contributed by atoms with Crippen LogP contribution in [-0.4, -0.2) is 48.6 Å². The van der Waals surface area contributed by atoms with E-state index in [0.29, 0.717) is 0 Å². The number of halogens is 1. The molecule has 1 rings (SSSR count). The van der Waals surface area contributed by atoms with Crippen molar-refractivity contribution in [1.82, 2.24) is 10.6 Å². The van der Waals surface area contributed by atoms with Gasteiger partial charge in [-0.3, -0.25) is 4.99 Å². The van der Waals surface area contributed by atoms with Crippen LogP contribution in [-0.2, 0) is 0 Å². The number of hydrogen-bond donors (Lipinski definition) is 2. The van der Waals surface area contributed by atoms with E-state index in [4.69, 9.17) is 0 Å². The average molecular weight is 401 g/mol. The van der Waals surface area contributed by atoms with Crippen molar-refractivity contribution in [2.24, 2.45) is 4.99 Å². The van der Waals surface area contributed by atoms with Gasteiger partial charge in [0, 0.05) is 36.9 Å². The molecule has 0 aliphatic carbocycles. The molecule has 2 N–H and O–H groups in total. The molecule has 1 saturated heterocycles. The molecule has 1 atom stereocenters. The Bertz CT molecular complexity index is 243. The summed E-state index contributed by atoms with van der Waals surface area (Å²) in [6, 6.07) is 0. The van der Waals surface area contributed by atoms with Crippen molar-refractivity contribution in [2.75, 3.05) is 37.4 Å². The molecule has 106 valence electrons. The molecule has 1 aliphatic heterocycles. The fourth-order valence-electron chi connectivity index (χ4n) is 1.64. The SMILES string of the molecule is C=CCSCCNC(=NC)NCC1CCCS1.I. The third kappa shape index (κ3) is 8.53. The highest BCUT2D eigenvalue weighted by Crippen LogP contribution is 2.25. The summed E-state index contributed by atoms with van der Waals surface area (Å²) >= 11 is 3.95. The lowest BCUT2D eigenvalue weighted by molar-refractivity contribution is 0.731. The molecule has 1 fully saturated rings. The summed E-state index contributed by atoms with van der Waals surface area (Å²) < 4.78 is 0. The summed E-state index contributed by atoms with van der Waals surface area (Å²) in [7, 11) is 1.83. The molecule has 0 aromatic rings. The van der Waals surface area contributed by atoms with E-state index in [1.807, 2.05) is 24.9 Å². The summed E-state index contributed by atoms with van der Waals surface area (Å²) in [6.07, 6.45) is 4.64. The zero-order valence-corrected chi connectivity index (χ0v) is 14.9. The second kappa shape index (κ2) is 12.5. The molecule has 0 saturated carbocycles. The molecule has 1 unspecified atom stereocenters. The van der Waals surface area contributed by atoms with Gasteiger partial charge < -0.3 is 10.6 Å². The zero-order valence-electron chi connectivity index (χ0n) is 11.0. The van der Waals surface area contributed by atoms with Gasteiger partial charge in [-0.1, -0.05) is 6.08 Å². The third-order valence-electron chi connectivity index (χ3n) is 2.52. The van der Waals surface area contributed by atoms with Gasteiger partial charge in [0.25, 0.3) is 0 Å². The van der Waals surface area contributed by atoms with Crippen molar-refractivity contribution in [3.8, 4) is 0 Å². The smallest absolute Gasteiger partial charge is 0.191 e. The van der Waals surface area contributed by atoms with Gasteiger partial charge in [0.05, 0.1) is 0 Å². The Morgan fingerprint density at radius 3 is 3.00 bits per heavy atom. The monoisotopic (exact) mass is 401 g/mol. The fourth-order valence-corrected chi connectivity index (χ4v) is 3.43. The molecule has 3 nitrogen and oxygen atoms in total. The molecule has 0 spiro atoms. The first-order valence-corrected chi connectivity index (χ1v) is 8.32. The number of nitrogens with zero attached hydrogens (tertiary/aromatic N) is 1. The van der Waals surface area contributed by atoms with Crippen molar-refractivity contribution in [3.63, 3.8) is 0 Å². The Labute approximate surface area is 136 Å². The van der Waals surface area contributed by atoms with Gasteiger partial charge in [0.2, 0.25) is 0 Å². The lowest BCUT2D eigenvalue weighted by Gasteiger charge is -2.14. The minimum Gasteiger partial charge on any atom is -0.356 e. The van der Waals surface area contributed by atoms with Crippen molar-refractivity contribution in [2.45, 2.75) is 18.1 Å². The second-order valence-corrected chi connectivity index (χ2v) is 6.44. The highest BCUT2D eigenvalue weighted by atomic mass is 127. The van der Waals surface area contributed by atoms with Crippen LogP contribution in [0.4, 0.5) is 0 Å². The second-order valence-electron chi connectivity index (χ2n) is 3.88. The standard InChI is InChI=1S/C12H23N3S2.HI/c1-3-7-16-9-6-14-12(13-2)15-10-11-5-4-8-17-11;/h3,11H,1,4-10H2,2H3,(H2,13,14,15);1H. The van der Waals surface area contributed by atoms with Crippen LogP contribution >= 0.6 is 47.5 Å². The number of thioether (sulfide) groups is 2. The third-order valence-corrected chi connectivity index (χ3v) is 4.88.